The van der Waals surface area contributed by atoms with Crippen LogP contribution in [0.2, 0.25) is 10.0 Å². The van der Waals surface area contributed by atoms with Crippen LogP contribution in [0, 0.1) is 10.1 Å². The SMILES string of the molecule is O=[N+]([O-])c1ccccc1COc1cc(Cl)c(O)cc1Cl. The van der Waals surface area contributed by atoms with Crippen LogP contribution in [-0.4, -0.2) is 10.0 Å². The van der Waals surface area contributed by atoms with Crippen LogP contribution < -0.4 is 4.74 Å². The topological polar surface area (TPSA) is 72.6 Å². The van der Waals surface area contributed by atoms with Gasteiger partial charge >= 0.3 is 0 Å². The third kappa shape index (κ3) is 3.12. The highest BCUT2D eigenvalue weighted by atomic mass is 35.5. The summed E-state index contributed by atoms with van der Waals surface area (Å²) in [6, 6.07) is 8.84. The zero-order chi connectivity index (χ0) is 14.7. The summed E-state index contributed by atoms with van der Waals surface area (Å²) >= 11 is 11.6. The number of nitrogens with zero attached hydrogens (tertiary/aromatic N) is 1. The van der Waals surface area contributed by atoms with Crippen molar-refractivity contribution in [3.63, 3.8) is 0 Å². The van der Waals surface area contributed by atoms with Crippen molar-refractivity contribution in [2.45, 2.75) is 6.61 Å². The summed E-state index contributed by atoms with van der Waals surface area (Å²) in [5.74, 6) is 0.0855. The summed E-state index contributed by atoms with van der Waals surface area (Å²) in [6.07, 6.45) is 0. The van der Waals surface area contributed by atoms with E-state index in [2.05, 4.69) is 0 Å². The van der Waals surface area contributed by atoms with E-state index in [0.29, 0.717) is 5.56 Å². The Balaban J connectivity index is 2.21. The minimum atomic E-state index is -0.482. The lowest BCUT2D eigenvalue weighted by Gasteiger charge is -2.09. The largest absolute Gasteiger partial charge is 0.506 e. The lowest BCUT2D eigenvalue weighted by atomic mass is 10.2. The molecule has 0 heterocycles. The minimum Gasteiger partial charge on any atom is -0.506 e. The second-order valence-corrected chi connectivity index (χ2v) is 4.72. The van der Waals surface area contributed by atoms with Gasteiger partial charge in [0.05, 0.1) is 20.5 Å². The molecule has 104 valence electrons. The first-order chi connectivity index (χ1) is 9.49. The quantitative estimate of drug-likeness (QED) is 0.678. The van der Waals surface area contributed by atoms with Gasteiger partial charge in [0, 0.05) is 18.2 Å². The van der Waals surface area contributed by atoms with E-state index in [1.54, 1.807) is 18.2 Å². The Bertz CT molecular complexity index is 661. The average molecular weight is 314 g/mol. The standard InChI is InChI=1S/C13H9Cl2NO4/c14-9-6-13(10(15)5-12(9)17)20-7-8-3-1-2-4-11(8)16(18)19/h1-6,17H,7H2. The number of halogens is 2. The van der Waals surface area contributed by atoms with E-state index < -0.39 is 4.92 Å². The van der Waals surface area contributed by atoms with E-state index >= 15 is 0 Å². The molecule has 0 radical (unpaired) electrons. The number of hydrogen-bond acceptors (Lipinski definition) is 4. The first-order valence-corrected chi connectivity index (χ1v) is 6.27. The molecule has 2 aromatic carbocycles. The van der Waals surface area contributed by atoms with Crippen LogP contribution in [0.25, 0.3) is 0 Å². The summed E-state index contributed by atoms with van der Waals surface area (Å²) in [5, 5.41) is 20.5. The molecule has 0 saturated heterocycles. The van der Waals surface area contributed by atoms with Crippen LogP contribution in [0.3, 0.4) is 0 Å². The molecule has 0 bridgehead atoms. The van der Waals surface area contributed by atoms with Gasteiger partial charge in [-0.3, -0.25) is 10.1 Å². The van der Waals surface area contributed by atoms with Crippen molar-refractivity contribution in [3.8, 4) is 11.5 Å². The number of hydrogen-bond donors (Lipinski definition) is 1. The summed E-state index contributed by atoms with van der Waals surface area (Å²) in [7, 11) is 0. The van der Waals surface area contributed by atoms with Crippen LogP contribution >= 0.6 is 23.2 Å². The van der Waals surface area contributed by atoms with Gasteiger partial charge in [-0.2, -0.15) is 0 Å². The normalized spacial score (nSPS) is 10.3. The number of phenols is 1. The maximum absolute atomic E-state index is 10.9. The number of ether oxygens (including phenoxy) is 1. The minimum absolute atomic E-state index is 0.0298. The summed E-state index contributed by atoms with van der Waals surface area (Å²) in [6.45, 7) is -0.0298. The number of nitro benzene ring substituents is 1. The zero-order valence-electron chi connectivity index (χ0n) is 10.0. The fourth-order valence-corrected chi connectivity index (χ4v) is 1.96. The summed E-state index contributed by atoms with van der Waals surface area (Å²) in [4.78, 5) is 10.4. The van der Waals surface area contributed by atoms with Gasteiger partial charge in [0.1, 0.15) is 18.1 Å². The number of phenolic OH excluding ortho intramolecular Hbond substituents is 1. The van der Waals surface area contributed by atoms with E-state index in [1.165, 1.54) is 18.2 Å². The number of benzene rings is 2. The molecule has 0 aromatic heterocycles. The van der Waals surface area contributed by atoms with Gasteiger partial charge < -0.3 is 9.84 Å². The molecule has 7 heteroatoms. The van der Waals surface area contributed by atoms with E-state index in [-0.39, 0.29) is 33.8 Å². The van der Waals surface area contributed by atoms with E-state index in [9.17, 15) is 15.2 Å². The van der Waals surface area contributed by atoms with Crippen molar-refractivity contribution in [1.82, 2.24) is 0 Å². The molecule has 20 heavy (non-hydrogen) atoms. The van der Waals surface area contributed by atoms with Crippen LogP contribution in [0.15, 0.2) is 36.4 Å². The molecule has 0 aliphatic carbocycles. The lowest BCUT2D eigenvalue weighted by molar-refractivity contribution is -0.385. The average Bonchev–Trinajstić information content (AvgIpc) is 2.41. The smallest absolute Gasteiger partial charge is 0.276 e. The molecule has 0 spiro atoms. The van der Waals surface area contributed by atoms with Crippen molar-refractivity contribution in [2.24, 2.45) is 0 Å². The second kappa shape index (κ2) is 5.98. The number of para-hydroxylation sites is 1. The van der Waals surface area contributed by atoms with Crippen LogP contribution in [0.4, 0.5) is 5.69 Å². The van der Waals surface area contributed by atoms with Gasteiger partial charge in [0.25, 0.3) is 5.69 Å². The molecule has 0 saturated carbocycles. The molecule has 0 aliphatic heterocycles. The Morgan fingerprint density at radius 1 is 1.20 bits per heavy atom. The predicted octanol–water partition coefficient (Wildman–Crippen LogP) is 4.19. The van der Waals surface area contributed by atoms with Crippen molar-refractivity contribution in [1.29, 1.82) is 0 Å². The van der Waals surface area contributed by atoms with Crippen LogP contribution in [0.5, 0.6) is 11.5 Å². The predicted molar refractivity (Wildman–Crippen MR) is 75.6 cm³/mol. The van der Waals surface area contributed by atoms with Gasteiger partial charge in [0.2, 0.25) is 0 Å². The molecule has 2 rings (SSSR count). The van der Waals surface area contributed by atoms with Gasteiger partial charge in [-0.15, -0.1) is 0 Å². The molecule has 0 atom stereocenters. The number of nitro groups is 1. The van der Waals surface area contributed by atoms with Gasteiger partial charge in [0.15, 0.2) is 0 Å². The Kier molecular flexibility index (Phi) is 4.32. The van der Waals surface area contributed by atoms with Crippen molar-refractivity contribution in [2.75, 3.05) is 0 Å². The first-order valence-electron chi connectivity index (χ1n) is 5.52. The maximum Gasteiger partial charge on any atom is 0.276 e. The fraction of sp³-hybridized carbons (Fsp3) is 0.0769. The van der Waals surface area contributed by atoms with E-state index in [1.807, 2.05) is 0 Å². The van der Waals surface area contributed by atoms with E-state index in [0.717, 1.165) is 0 Å². The molecular weight excluding hydrogens is 305 g/mol. The number of rotatable bonds is 4. The monoisotopic (exact) mass is 313 g/mol. The molecular formula is C13H9Cl2NO4. The summed E-state index contributed by atoms with van der Waals surface area (Å²) < 4.78 is 5.42. The Morgan fingerprint density at radius 3 is 2.60 bits per heavy atom. The van der Waals surface area contributed by atoms with Gasteiger partial charge in [-0.05, 0) is 6.07 Å². The van der Waals surface area contributed by atoms with Gasteiger partial charge in [-0.1, -0.05) is 35.3 Å². The number of aromatic hydroxyl groups is 1. The first kappa shape index (κ1) is 14.4. The third-order valence-electron chi connectivity index (χ3n) is 2.57. The lowest BCUT2D eigenvalue weighted by Crippen LogP contribution is -2.00. The molecule has 0 amide bonds. The fourth-order valence-electron chi connectivity index (χ4n) is 1.60. The Hall–Kier alpha value is -1.98. The Labute approximate surface area is 124 Å². The van der Waals surface area contributed by atoms with Gasteiger partial charge in [-0.25, -0.2) is 0 Å². The highest BCUT2D eigenvalue weighted by Crippen LogP contribution is 2.35. The molecule has 2 aromatic rings. The second-order valence-electron chi connectivity index (χ2n) is 3.91. The van der Waals surface area contributed by atoms with Crippen molar-refractivity contribution >= 4 is 28.9 Å². The molecule has 0 aliphatic rings. The maximum atomic E-state index is 10.9. The van der Waals surface area contributed by atoms with Crippen LogP contribution in [0.1, 0.15) is 5.56 Å². The van der Waals surface area contributed by atoms with Crippen molar-refractivity contribution < 1.29 is 14.8 Å². The molecule has 5 nitrogen and oxygen atoms in total. The molecule has 1 N–H and O–H groups in total. The zero-order valence-corrected chi connectivity index (χ0v) is 11.6. The third-order valence-corrected chi connectivity index (χ3v) is 3.17. The molecule has 0 unspecified atom stereocenters. The summed E-state index contributed by atoms with van der Waals surface area (Å²) in [5.41, 5.74) is 0.381. The highest BCUT2D eigenvalue weighted by Gasteiger charge is 2.14. The van der Waals surface area contributed by atoms with Crippen molar-refractivity contribution in [3.05, 3.63) is 62.1 Å². The Morgan fingerprint density at radius 2 is 1.90 bits per heavy atom. The van der Waals surface area contributed by atoms with Crippen LogP contribution in [-0.2, 0) is 6.61 Å². The highest BCUT2D eigenvalue weighted by molar-refractivity contribution is 6.35. The molecule has 0 fully saturated rings. The van der Waals surface area contributed by atoms with E-state index in [4.69, 9.17) is 27.9 Å².